The first kappa shape index (κ1) is 11.5. The highest BCUT2D eigenvalue weighted by molar-refractivity contribution is 7.71. The fraction of sp³-hybridized carbons (Fsp3) is 0.455. The quantitative estimate of drug-likeness (QED) is 0.845. The molecule has 3 nitrogen and oxygen atoms in total. The van der Waals surface area contributed by atoms with Crippen molar-refractivity contribution in [3.8, 4) is 0 Å². The third kappa shape index (κ3) is 1.97. The molecule has 86 valence electrons. The number of rotatable bonds is 4. The standard InChI is InChI=1S/C11H15N3S2/c1-3-8(9-6-5-7-16-9)14-10(4-2)12-13-11(14)15/h5-8H,3-4H2,1-2H3,(H,13,15). The van der Waals surface area contributed by atoms with Gasteiger partial charge in [0.2, 0.25) is 0 Å². The van der Waals surface area contributed by atoms with E-state index >= 15 is 0 Å². The van der Waals surface area contributed by atoms with Crippen molar-refractivity contribution in [1.82, 2.24) is 14.8 Å². The van der Waals surface area contributed by atoms with Crippen LogP contribution in [0.2, 0.25) is 0 Å². The van der Waals surface area contributed by atoms with Crippen LogP contribution in [0.5, 0.6) is 0 Å². The molecule has 0 amide bonds. The van der Waals surface area contributed by atoms with Gasteiger partial charge in [-0.1, -0.05) is 19.9 Å². The zero-order valence-electron chi connectivity index (χ0n) is 9.43. The van der Waals surface area contributed by atoms with Gasteiger partial charge in [-0.3, -0.25) is 9.67 Å². The van der Waals surface area contributed by atoms with Crippen molar-refractivity contribution in [1.29, 1.82) is 0 Å². The van der Waals surface area contributed by atoms with Gasteiger partial charge in [0, 0.05) is 11.3 Å². The minimum Gasteiger partial charge on any atom is -0.296 e. The largest absolute Gasteiger partial charge is 0.296 e. The maximum atomic E-state index is 5.31. The summed E-state index contributed by atoms with van der Waals surface area (Å²) >= 11 is 7.08. The second kappa shape index (κ2) is 4.93. The molecule has 16 heavy (non-hydrogen) atoms. The third-order valence-corrected chi connectivity index (χ3v) is 3.93. The van der Waals surface area contributed by atoms with Crippen molar-refractivity contribution in [2.75, 3.05) is 0 Å². The SMILES string of the molecule is CCc1n[nH]c(=S)n1C(CC)c1cccs1. The van der Waals surface area contributed by atoms with Crippen LogP contribution in [0.15, 0.2) is 17.5 Å². The van der Waals surface area contributed by atoms with Crippen molar-refractivity contribution >= 4 is 23.6 Å². The summed E-state index contributed by atoms with van der Waals surface area (Å²) in [7, 11) is 0. The van der Waals surface area contributed by atoms with E-state index < -0.39 is 0 Å². The minimum atomic E-state index is 0.321. The lowest BCUT2D eigenvalue weighted by atomic mass is 10.2. The van der Waals surface area contributed by atoms with E-state index in [9.17, 15) is 0 Å². The Balaban J connectivity index is 2.48. The lowest BCUT2D eigenvalue weighted by molar-refractivity contribution is 0.546. The van der Waals surface area contributed by atoms with Gasteiger partial charge in [-0.25, -0.2) is 0 Å². The molecule has 0 saturated heterocycles. The Morgan fingerprint density at radius 3 is 2.94 bits per heavy atom. The lowest BCUT2D eigenvalue weighted by Crippen LogP contribution is -2.11. The van der Waals surface area contributed by atoms with Crippen molar-refractivity contribution in [3.05, 3.63) is 33.0 Å². The molecular weight excluding hydrogens is 238 g/mol. The lowest BCUT2D eigenvalue weighted by Gasteiger charge is -2.16. The molecule has 1 N–H and O–H groups in total. The summed E-state index contributed by atoms with van der Waals surface area (Å²) in [6, 6.07) is 4.56. The van der Waals surface area contributed by atoms with Crippen LogP contribution < -0.4 is 0 Å². The van der Waals surface area contributed by atoms with Gasteiger partial charge in [-0.15, -0.1) is 11.3 Å². The molecule has 2 heterocycles. The van der Waals surface area contributed by atoms with Crippen molar-refractivity contribution in [2.45, 2.75) is 32.7 Å². The van der Waals surface area contributed by atoms with Crippen LogP contribution in [0.4, 0.5) is 0 Å². The predicted octanol–water partition coefficient (Wildman–Crippen LogP) is 3.56. The Morgan fingerprint density at radius 2 is 2.38 bits per heavy atom. The van der Waals surface area contributed by atoms with Crippen molar-refractivity contribution < 1.29 is 0 Å². The number of aromatic nitrogens is 3. The van der Waals surface area contributed by atoms with E-state index in [1.54, 1.807) is 11.3 Å². The van der Waals surface area contributed by atoms with Gasteiger partial charge in [0.15, 0.2) is 4.77 Å². The smallest absolute Gasteiger partial charge is 0.195 e. The summed E-state index contributed by atoms with van der Waals surface area (Å²) < 4.78 is 2.86. The van der Waals surface area contributed by atoms with Gasteiger partial charge in [0.1, 0.15) is 5.82 Å². The van der Waals surface area contributed by atoms with Crippen LogP contribution in [0.25, 0.3) is 0 Å². The van der Waals surface area contributed by atoms with E-state index in [-0.39, 0.29) is 0 Å². The van der Waals surface area contributed by atoms with Gasteiger partial charge in [-0.05, 0) is 30.1 Å². The Labute approximate surface area is 104 Å². The van der Waals surface area contributed by atoms with Crippen LogP contribution >= 0.6 is 23.6 Å². The van der Waals surface area contributed by atoms with Gasteiger partial charge in [0.25, 0.3) is 0 Å². The topological polar surface area (TPSA) is 33.6 Å². The summed E-state index contributed by atoms with van der Waals surface area (Å²) in [6.07, 6.45) is 1.93. The van der Waals surface area contributed by atoms with E-state index in [1.807, 2.05) is 0 Å². The second-order valence-electron chi connectivity index (χ2n) is 3.61. The first-order valence-corrected chi connectivity index (χ1v) is 6.75. The molecule has 2 aromatic rings. The second-order valence-corrected chi connectivity index (χ2v) is 4.97. The zero-order valence-corrected chi connectivity index (χ0v) is 11.1. The van der Waals surface area contributed by atoms with Crippen molar-refractivity contribution in [3.63, 3.8) is 0 Å². The summed E-state index contributed by atoms with van der Waals surface area (Å²) in [5.41, 5.74) is 0. The molecule has 2 rings (SSSR count). The number of nitrogens with one attached hydrogen (secondary N) is 1. The molecule has 5 heteroatoms. The van der Waals surface area contributed by atoms with Crippen molar-refractivity contribution in [2.24, 2.45) is 0 Å². The maximum absolute atomic E-state index is 5.31. The average Bonchev–Trinajstić information content (AvgIpc) is 2.91. The summed E-state index contributed by atoms with van der Waals surface area (Å²) in [4.78, 5) is 1.34. The zero-order chi connectivity index (χ0) is 11.5. The molecule has 1 unspecified atom stereocenters. The Hall–Kier alpha value is -0.940. The van der Waals surface area contributed by atoms with Gasteiger partial charge < -0.3 is 0 Å². The number of hydrogen-bond acceptors (Lipinski definition) is 3. The number of aryl methyl sites for hydroxylation is 1. The Morgan fingerprint density at radius 1 is 1.56 bits per heavy atom. The van der Waals surface area contributed by atoms with Crippen LogP contribution in [-0.4, -0.2) is 14.8 Å². The molecule has 0 spiro atoms. The number of hydrogen-bond donors (Lipinski definition) is 1. The number of nitrogens with zero attached hydrogens (tertiary/aromatic N) is 2. The molecule has 1 atom stereocenters. The highest BCUT2D eigenvalue weighted by Crippen LogP contribution is 2.27. The predicted molar refractivity (Wildman–Crippen MR) is 69.5 cm³/mol. The Kier molecular flexibility index (Phi) is 3.56. The average molecular weight is 253 g/mol. The van der Waals surface area contributed by atoms with Gasteiger partial charge in [0.05, 0.1) is 6.04 Å². The Bertz CT molecular complexity index is 496. The summed E-state index contributed by atoms with van der Waals surface area (Å²) in [5, 5.41) is 9.25. The van der Waals surface area contributed by atoms with Crippen LogP contribution in [-0.2, 0) is 6.42 Å². The van der Waals surface area contributed by atoms with Crippen LogP contribution in [0, 0.1) is 4.77 Å². The van der Waals surface area contributed by atoms with E-state index in [0.717, 1.165) is 23.4 Å². The number of H-pyrrole nitrogens is 1. The molecule has 0 aliphatic carbocycles. The third-order valence-electron chi connectivity index (χ3n) is 2.66. The molecule has 0 saturated carbocycles. The first-order chi connectivity index (χ1) is 7.77. The number of thiophene rings is 1. The number of aromatic amines is 1. The summed E-state index contributed by atoms with van der Waals surface area (Å²) in [6.45, 7) is 4.28. The fourth-order valence-corrected chi connectivity index (χ4v) is 3.08. The first-order valence-electron chi connectivity index (χ1n) is 5.47. The highest BCUT2D eigenvalue weighted by atomic mass is 32.1. The highest BCUT2D eigenvalue weighted by Gasteiger charge is 2.17. The molecule has 0 radical (unpaired) electrons. The van der Waals surface area contributed by atoms with E-state index in [1.165, 1.54) is 4.88 Å². The van der Waals surface area contributed by atoms with Gasteiger partial charge >= 0.3 is 0 Å². The fourth-order valence-electron chi connectivity index (χ4n) is 1.90. The molecule has 0 fully saturated rings. The molecule has 0 bridgehead atoms. The molecule has 0 aromatic carbocycles. The monoisotopic (exact) mass is 253 g/mol. The molecule has 0 aliphatic rings. The van der Waals surface area contributed by atoms with Gasteiger partial charge in [-0.2, -0.15) is 5.10 Å². The molecule has 0 aliphatic heterocycles. The summed E-state index contributed by atoms with van der Waals surface area (Å²) in [5.74, 6) is 1.03. The normalized spacial score (nSPS) is 12.9. The minimum absolute atomic E-state index is 0.321. The van der Waals surface area contributed by atoms with Crippen LogP contribution in [0.1, 0.15) is 37.0 Å². The molecule has 2 aromatic heterocycles. The molecular formula is C11H15N3S2. The van der Waals surface area contributed by atoms with Crippen LogP contribution in [0.3, 0.4) is 0 Å². The van der Waals surface area contributed by atoms with E-state index in [2.05, 4.69) is 46.1 Å². The van der Waals surface area contributed by atoms with E-state index in [4.69, 9.17) is 12.2 Å². The van der Waals surface area contributed by atoms with E-state index in [0.29, 0.717) is 6.04 Å². The maximum Gasteiger partial charge on any atom is 0.195 e.